The average molecular weight is 284 g/mol. The molecule has 1 saturated carbocycles. The molecule has 7 heteroatoms. The van der Waals surface area contributed by atoms with Gasteiger partial charge >= 0.3 is 0 Å². The Morgan fingerprint density at radius 1 is 1.42 bits per heavy atom. The van der Waals surface area contributed by atoms with Crippen molar-refractivity contribution < 1.29 is 13.3 Å². The lowest BCUT2D eigenvalue weighted by Crippen LogP contribution is -2.20. The fourth-order valence-electron chi connectivity index (χ4n) is 1.98. The zero-order valence-electron chi connectivity index (χ0n) is 10.9. The van der Waals surface area contributed by atoms with Gasteiger partial charge in [0.2, 0.25) is 0 Å². The molecule has 19 heavy (non-hydrogen) atoms. The number of sulfone groups is 1. The Kier molecular flexibility index (Phi) is 3.49. The largest absolute Gasteiger partial charge is 0.374 e. The lowest BCUT2D eigenvalue weighted by molar-refractivity contribution is -0.387. The fraction of sp³-hybridized carbons (Fsp3) is 0.500. The zero-order valence-corrected chi connectivity index (χ0v) is 11.7. The summed E-state index contributed by atoms with van der Waals surface area (Å²) in [5, 5.41) is 10.9. The van der Waals surface area contributed by atoms with Gasteiger partial charge in [-0.1, -0.05) is 0 Å². The summed E-state index contributed by atoms with van der Waals surface area (Å²) < 4.78 is 23.3. The first-order valence-corrected chi connectivity index (χ1v) is 7.88. The monoisotopic (exact) mass is 284 g/mol. The third-order valence-electron chi connectivity index (χ3n) is 3.21. The molecule has 0 N–H and O–H groups in total. The Labute approximate surface area is 112 Å². The number of nitro groups is 1. The summed E-state index contributed by atoms with van der Waals surface area (Å²) in [5.41, 5.74) is 0.323. The maximum absolute atomic E-state index is 11.6. The van der Waals surface area contributed by atoms with Crippen LogP contribution < -0.4 is 4.90 Å². The molecular formula is C12H16N2O4S. The van der Waals surface area contributed by atoms with Crippen LogP contribution in [0.4, 0.5) is 11.4 Å². The van der Waals surface area contributed by atoms with Gasteiger partial charge in [0, 0.05) is 31.6 Å². The zero-order chi connectivity index (χ0) is 14.2. The van der Waals surface area contributed by atoms with E-state index in [4.69, 9.17) is 0 Å². The maximum Gasteiger partial charge on any atom is 0.288 e. The summed E-state index contributed by atoms with van der Waals surface area (Å²) in [6.07, 6.45) is 3.37. The van der Waals surface area contributed by atoms with Gasteiger partial charge in [-0.05, 0) is 30.9 Å². The van der Waals surface area contributed by atoms with Crippen molar-refractivity contribution in [3.63, 3.8) is 0 Å². The molecule has 0 bridgehead atoms. The third kappa shape index (κ3) is 3.23. The summed E-state index contributed by atoms with van der Waals surface area (Å²) in [4.78, 5) is 11.9. The van der Waals surface area contributed by atoms with Gasteiger partial charge in [-0.3, -0.25) is 10.1 Å². The molecule has 1 aliphatic rings. The number of anilines is 1. The number of benzene rings is 1. The summed E-state index contributed by atoms with van der Waals surface area (Å²) in [6, 6.07) is 4.24. The Balaban J connectivity index is 2.39. The van der Waals surface area contributed by atoms with Gasteiger partial charge in [0.15, 0.2) is 9.84 Å². The van der Waals surface area contributed by atoms with E-state index in [2.05, 4.69) is 0 Å². The highest BCUT2D eigenvalue weighted by molar-refractivity contribution is 7.90. The second-order valence-corrected chi connectivity index (χ2v) is 6.99. The Bertz CT molecular complexity index is 608. The molecule has 0 saturated heterocycles. The molecule has 104 valence electrons. The lowest BCUT2D eigenvalue weighted by Gasteiger charge is -2.19. The van der Waals surface area contributed by atoms with Crippen LogP contribution in [-0.2, 0) is 9.84 Å². The minimum absolute atomic E-state index is 0.224. The average Bonchev–Trinajstić information content (AvgIpc) is 3.10. The molecule has 0 amide bonds. The summed E-state index contributed by atoms with van der Waals surface area (Å²) in [6.45, 7) is 0.848. The molecule has 0 atom stereocenters. The van der Waals surface area contributed by atoms with Crippen LogP contribution in [0, 0.1) is 16.0 Å². The van der Waals surface area contributed by atoms with Gasteiger partial charge in [0.05, 0.1) is 4.92 Å². The van der Waals surface area contributed by atoms with Crippen molar-refractivity contribution in [2.24, 2.45) is 5.92 Å². The van der Waals surface area contributed by atoms with Crippen LogP contribution in [0.1, 0.15) is 12.8 Å². The molecule has 1 aromatic carbocycles. The minimum Gasteiger partial charge on any atom is -0.374 e. The van der Waals surface area contributed by atoms with E-state index >= 15 is 0 Å². The number of nitro benzene ring substituents is 1. The minimum atomic E-state index is -3.62. The smallest absolute Gasteiger partial charge is 0.288 e. The first-order chi connectivity index (χ1) is 8.79. The molecule has 0 unspecified atom stereocenters. The van der Waals surface area contributed by atoms with E-state index < -0.39 is 14.8 Å². The summed E-state index contributed by atoms with van der Waals surface area (Å²) >= 11 is 0. The standard InChI is InChI=1S/C12H16N2O4S/c1-13(8-9-3-4-9)10-5-6-11(14(15)16)12(7-10)19(2,17)18/h5-7,9H,3-4,8H2,1-2H3. The van der Waals surface area contributed by atoms with Crippen LogP contribution in [0.15, 0.2) is 23.1 Å². The van der Waals surface area contributed by atoms with Gasteiger partial charge in [0.1, 0.15) is 4.90 Å². The summed E-state index contributed by atoms with van der Waals surface area (Å²) in [7, 11) is -1.75. The van der Waals surface area contributed by atoms with Crippen molar-refractivity contribution in [3.05, 3.63) is 28.3 Å². The second-order valence-electron chi connectivity index (χ2n) is 5.01. The number of hydrogen-bond donors (Lipinski definition) is 0. The van der Waals surface area contributed by atoms with Crippen LogP contribution in [0.25, 0.3) is 0 Å². The van der Waals surface area contributed by atoms with Crippen LogP contribution >= 0.6 is 0 Å². The van der Waals surface area contributed by atoms with E-state index in [0.717, 1.165) is 12.8 Å². The number of rotatable bonds is 5. The van der Waals surface area contributed by atoms with E-state index in [1.807, 2.05) is 11.9 Å². The highest BCUT2D eigenvalue weighted by Crippen LogP contribution is 2.33. The van der Waals surface area contributed by atoms with Crippen LogP contribution in [0.2, 0.25) is 0 Å². The Morgan fingerprint density at radius 3 is 2.53 bits per heavy atom. The molecular weight excluding hydrogens is 268 g/mol. The van der Waals surface area contributed by atoms with Crippen LogP contribution in [0.3, 0.4) is 0 Å². The summed E-state index contributed by atoms with van der Waals surface area (Å²) in [5.74, 6) is 0.655. The Morgan fingerprint density at radius 2 is 2.05 bits per heavy atom. The van der Waals surface area contributed by atoms with Crippen molar-refractivity contribution in [3.8, 4) is 0 Å². The molecule has 1 fully saturated rings. The van der Waals surface area contributed by atoms with Crippen molar-refractivity contribution in [1.82, 2.24) is 0 Å². The van der Waals surface area contributed by atoms with E-state index in [1.54, 1.807) is 6.07 Å². The second kappa shape index (κ2) is 4.80. The van der Waals surface area contributed by atoms with Gasteiger partial charge in [-0.2, -0.15) is 0 Å². The molecule has 6 nitrogen and oxygen atoms in total. The topological polar surface area (TPSA) is 80.5 Å². The fourth-order valence-corrected chi connectivity index (χ4v) is 2.84. The van der Waals surface area contributed by atoms with Crippen LogP contribution in [0.5, 0.6) is 0 Å². The molecule has 0 radical (unpaired) electrons. The van der Waals surface area contributed by atoms with Crippen molar-refractivity contribution in [1.29, 1.82) is 0 Å². The molecule has 2 rings (SSSR count). The highest BCUT2D eigenvalue weighted by atomic mass is 32.2. The molecule has 0 heterocycles. The van der Waals surface area contributed by atoms with Gasteiger partial charge in [-0.15, -0.1) is 0 Å². The first-order valence-electron chi connectivity index (χ1n) is 5.98. The molecule has 0 spiro atoms. The third-order valence-corrected chi connectivity index (χ3v) is 4.34. The number of hydrogen-bond acceptors (Lipinski definition) is 5. The SMILES string of the molecule is CN(CC1CC1)c1ccc([N+](=O)[O-])c(S(C)(=O)=O)c1. The normalized spacial score (nSPS) is 15.3. The van der Waals surface area contributed by atoms with E-state index in [-0.39, 0.29) is 10.6 Å². The highest BCUT2D eigenvalue weighted by Gasteiger charge is 2.26. The lowest BCUT2D eigenvalue weighted by atomic mass is 10.2. The van der Waals surface area contributed by atoms with Crippen LogP contribution in [-0.4, -0.2) is 33.2 Å². The predicted molar refractivity (Wildman–Crippen MR) is 72.2 cm³/mol. The van der Waals surface area contributed by atoms with Crippen molar-refractivity contribution >= 4 is 21.2 Å². The predicted octanol–water partition coefficient (Wildman–Crippen LogP) is 1.84. The maximum atomic E-state index is 11.6. The molecule has 0 aliphatic heterocycles. The molecule has 0 aromatic heterocycles. The van der Waals surface area contributed by atoms with E-state index in [1.165, 1.54) is 25.0 Å². The number of nitrogens with zero attached hydrogens (tertiary/aromatic N) is 2. The van der Waals surface area contributed by atoms with Crippen molar-refractivity contribution in [2.45, 2.75) is 17.7 Å². The Hall–Kier alpha value is -1.63. The van der Waals surface area contributed by atoms with Gasteiger partial charge in [0.25, 0.3) is 5.69 Å². The van der Waals surface area contributed by atoms with E-state index in [0.29, 0.717) is 11.6 Å². The quantitative estimate of drug-likeness (QED) is 0.609. The molecule has 1 aromatic rings. The van der Waals surface area contributed by atoms with E-state index in [9.17, 15) is 18.5 Å². The first kappa shape index (κ1) is 13.8. The van der Waals surface area contributed by atoms with Crippen molar-refractivity contribution in [2.75, 3.05) is 24.7 Å². The van der Waals surface area contributed by atoms with Gasteiger partial charge in [-0.25, -0.2) is 8.42 Å². The van der Waals surface area contributed by atoms with Gasteiger partial charge < -0.3 is 4.90 Å². The molecule has 1 aliphatic carbocycles.